The maximum absolute atomic E-state index is 12.6. The van der Waals surface area contributed by atoms with Crippen molar-refractivity contribution in [3.8, 4) is 17.2 Å². The number of hydrogen-bond acceptors (Lipinski definition) is 6. The second-order valence-corrected chi connectivity index (χ2v) is 6.47. The van der Waals surface area contributed by atoms with Crippen molar-refractivity contribution in [2.24, 2.45) is 0 Å². The zero-order chi connectivity index (χ0) is 19.8. The highest BCUT2D eigenvalue weighted by Crippen LogP contribution is 2.38. The van der Waals surface area contributed by atoms with E-state index in [0.29, 0.717) is 17.2 Å². The maximum atomic E-state index is 12.6. The Bertz CT molecular complexity index is 633. The third-order valence-corrected chi connectivity index (χ3v) is 4.68. The lowest BCUT2D eigenvalue weighted by molar-refractivity contribution is -0.124. The van der Waals surface area contributed by atoms with Gasteiger partial charge in [-0.3, -0.25) is 9.59 Å². The first-order valence-corrected chi connectivity index (χ1v) is 9.06. The summed E-state index contributed by atoms with van der Waals surface area (Å²) >= 11 is 0. The largest absolute Gasteiger partial charge is 0.493 e. The van der Waals surface area contributed by atoms with Crippen LogP contribution in [0.1, 0.15) is 42.5 Å². The van der Waals surface area contributed by atoms with Crippen molar-refractivity contribution in [1.29, 1.82) is 0 Å². The molecule has 1 aliphatic carbocycles. The Morgan fingerprint density at radius 2 is 1.67 bits per heavy atom. The van der Waals surface area contributed by atoms with Gasteiger partial charge in [0.05, 0.1) is 27.9 Å². The number of nitrogens with one attached hydrogen (secondary N) is 2. The maximum Gasteiger partial charge on any atom is 0.252 e. The third-order valence-electron chi connectivity index (χ3n) is 4.68. The zero-order valence-electron chi connectivity index (χ0n) is 16.0. The van der Waals surface area contributed by atoms with Gasteiger partial charge in [0.1, 0.15) is 6.04 Å². The molecule has 27 heavy (non-hydrogen) atoms. The number of ether oxygens (including phenoxy) is 3. The van der Waals surface area contributed by atoms with Gasteiger partial charge in [-0.1, -0.05) is 19.3 Å². The summed E-state index contributed by atoms with van der Waals surface area (Å²) in [6.07, 6.45) is 5.17. The molecule has 0 saturated heterocycles. The van der Waals surface area contributed by atoms with E-state index in [2.05, 4.69) is 10.6 Å². The molecule has 1 aromatic carbocycles. The fourth-order valence-electron chi connectivity index (χ4n) is 3.20. The Labute approximate surface area is 159 Å². The van der Waals surface area contributed by atoms with E-state index in [1.54, 1.807) is 0 Å². The van der Waals surface area contributed by atoms with Crippen molar-refractivity contribution in [3.63, 3.8) is 0 Å². The van der Waals surface area contributed by atoms with Crippen LogP contribution >= 0.6 is 0 Å². The predicted octanol–water partition coefficient (Wildman–Crippen LogP) is 1.25. The molecule has 8 heteroatoms. The van der Waals surface area contributed by atoms with E-state index < -0.39 is 18.6 Å². The third kappa shape index (κ3) is 5.26. The molecule has 1 aliphatic rings. The van der Waals surface area contributed by atoms with Crippen LogP contribution in [0.2, 0.25) is 0 Å². The van der Waals surface area contributed by atoms with Crippen molar-refractivity contribution in [3.05, 3.63) is 17.7 Å². The van der Waals surface area contributed by atoms with Crippen LogP contribution in [0.4, 0.5) is 0 Å². The van der Waals surface area contributed by atoms with Gasteiger partial charge in [-0.05, 0) is 25.0 Å². The van der Waals surface area contributed by atoms with Crippen LogP contribution in [0.5, 0.6) is 17.2 Å². The molecule has 3 N–H and O–H groups in total. The van der Waals surface area contributed by atoms with Crippen molar-refractivity contribution in [2.45, 2.75) is 44.2 Å². The summed E-state index contributed by atoms with van der Waals surface area (Å²) in [4.78, 5) is 25.0. The van der Waals surface area contributed by atoms with Crippen LogP contribution < -0.4 is 24.8 Å². The summed E-state index contributed by atoms with van der Waals surface area (Å²) in [5, 5.41) is 15.0. The van der Waals surface area contributed by atoms with E-state index in [9.17, 15) is 14.7 Å². The van der Waals surface area contributed by atoms with Gasteiger partial charge in [0.2, 0.25) is 11.7 Å². The minimum absolute atomic E-state index is 0.0957. The molecule has 0 unspecified atom stereocenters. The van der Waals surface area contributed by atoms with Crippen molar-refractivity contribution in [1.82, 2.24) is 10.6 Å². The number of carbonyl (C=O) groups is 2. The minimum atomic E-state index is -1.03. The molecule has 1 atom stereocenters. The number of benzene rings is 1. The molecular weight excluding hydrogens is 352 g/mol. The standard InChI is InChI=1S/C19H28N2O6/c1-25-15-9-12(10-16(26-2)17(15)27-3)18(23)21-14(11-22)19(24)20-13-7-5-4-6-8-13/h9-10,13-14,22H,4-8,11H2,1-3H3,(H,20,24)(H,21,23)/t14-/m0/s1. The smallest absolute Gasteiger partial charge is 0.252 e. The molecule has 2 rings (SSSR count). The number of aliphatic hydroxyl groups is 1. The van der Waals surface area contributed by atoms with Crippen molar-refractivity contribution >= 4 is 11.8 Å². The van der Waals surface area contributed by atoms with E-state index in [1.165, 1.54) is 39.9 Å². The molecule has 0 radical (unpaired) electrons. The first kappa shape index (κ1) is 20.8. The summed E-state index contributed by atoms with van der Waals surface area (Å²) in [7, 11) is 4.37. The molecule has 1 saturated carbocycles. The average Bonchev–Trinajstić information content (AvgIpc) is 2.71. The number of methoxy groups -OCH3 is 3. The van der Waals surface area contributed by atoms with Gasteiger partial charge in [-0.15, -0.1) is 0 Å². The van der Waals surface area contributed by atoms with Crippen molar-refractivity contribution < 1.29 is 28.9 Å². The highest BCUT2D eigenvalue weighted by molar-refractivity contribution is 5.98. The Morgan fingerprint density at radius 1 is 1.07 bits per heavy atom. The predicted molar refractivity (Wildman–Crippen MR) is 99.5 cm³/mol. The Balaban J connectivity index is 2.10. The summed E-state index contributed by atoms with van der Waals surface area (Å²) in [5.41, 5.74) is 0.230. The van der Waals surface area contributed by atoms with Gasteiger partial charge in [-0.2, -0.15) is 0 Å². The topological polar surface area (TPSA) is 106 Å². The summed E-state index contributed by atoms with van der Waals surface area (Å²) in [6.45, 7) is -0.491. The first-order chi connectivity index (χ1) is 13.0. The van der Waals surface area contributed by atoms with Crippen LogP contribution in [-0.4, -0.2) is 56.9 Å². The second kappa shape index (κ2) is 10.0. The van der Waals surface area contributed by atoms with Crippen LogP contribution in [-0.2, 0) is 4.79 Å². The minimum Gasteiger partial charge on any atom is -0.493 e. The molecular formula is C19H28N2O6. The highest BCUT2D eigenvalue weighted by Gasteiger charge is 2.25. The molecule has 0 heterocycles. The van der Waals surface area contributed by atoms with Crippen LogP contribution in [0.15, 0.2) is 12.1 Å². The lowest BCUT2D eigenvalue weighted by Crippen LogP contribution is -2.51. The van der Waals surface area contributed by atoms with E-state index in [-0.39, 0.29) is 17.5 Å². The van der Waals surface area contributed by atoms with Gasteiger partial charge >= 0.3 is 0 Å². The van der Waals surface area contributed by atoms with Gasteiger partial charge in [0.15, 0.2) is 11.5 Å². The Hall–Kier alpha value is -2.48. The van der Waals surface area contributed by atoms with Gasteiger partial charge in [0, 0.05) is 11.6 Å². The number of aliphatic hydroxyl groups excluding tert-OH is 1. The lowest BCUT2D eigenvalue weighted by Gasteiger charge is -2.25. The fraction of sp³-hybridized carbons (Fsp3) is 0.579. The molecule has 2 amide bonds. The summed E-state index contributed by atoms with van der Waals surface area (Å²) in [6, 6.07) is 2.05. The number of rotatable bonds is 8. The quantitative estimate of drug-likeness (QED) is 0.627. The van der Waals surface area contributed by atoms with Gasteiger partial charge < -0.3 is 30.0 Å². The number of hydrogen-bond donors (Lipinski definition) is 3. The molecule has 8 nitrogen and oxygen atoms in total. The fourth-order valence-corrected chi connectivity index (χ4v) is 3.20. The molecule has 1 fully saturated rings. The second-order valence-electron chi connectivity index (χ2n) is 6.47. The molecule has 0 bridgehead atoms. The molecule has 0 aromatic heterocycles. The molecule has 0 aliphatic heterocycles. The summed E-state index contributed by atoms with van der Waals surface area (Å²) < 4.78 is 15.7. The van der Waals surface area contributed by atoms with E-state index in [0.717, 1.165) is 25.7 Å². The molecule has 0 spiro atoms. The monoisotopic (exact) mass is 380 g/mol. The molecule has 150 valence electrons. The average molecular weight is 380 g/mol. The Kier molecular flexibility index (Phi) is 7.72. The van der Waals surface area contributed by atoms with Crippen LogP contribution in [0.25, 0.3) is 0 Å². The molecule has 1 aromatic rings. The normalized spacial score (nSPS) is 15.6. The lowest BCUT2D eigenvalue weighted by atomic mass is 9.95. The van der Waals surface area contributed by atoms with E-state index in [1.807, 2.05) is 0 Å². The van der Waals surface area contributed by atoms with Gasteiger partial charge in [0.25, 0.3) is 5.91 Å². The Morgan fingerprint density at radius 3 is 2.15 bits per heavy atom. The number of carbonyl (C=O) groups excluding carboxylic acids is 2. The van der Waals surface area contributed by atoms with E-state index in [4.69, 9.17) is 14.2 Å². The van der Waals surface area contributed by atoms with Gasteiger partial charge in [-0.25, -0.2) is 0 Å². The number of amides is 2. The first-order valence-electron chi connectivity index (χ1n) is 9.06. The van der Waals surface area contributed by atoms with Crippen LogP contribution in [0, 0.1) is 0 Å². The summed E-state index contributed by atoms with van der Waals surface area (Å²) in [5.74, 6) is 0.117. The zero-order valence-corrected chi connectivity index (χ0v) is 16.0. The SMILES string of the molecule is COc1cc(C(=O)N[C@@H](CO)C(=O)NC2CCCCC2)cc(OC)c1OC. The highest BCUT2D eigenvalue weighted by atomic mass is 16.5. The van der Waals surface area contributed by atoms with E-state index >= 15 is 0 Å². The van der Waals surface area contributed by atoms with Crippen molar-refractivity contribution in [2.75, 3.05) is 27.9 Å². The van der Waals surface area contributed by atoms with Crippen LogP contribution in [0.3, 0.4) is 0 Å².